The van der Waals surface area contributed by atoms with Gasteiger partial charge in [0.1, 0.15) is 0 Å². The molecule has 0 aromatic heterocycles. The van der Waals surface area contributed by atoms with Crippen LogP contribution in [0.4, 0.5) is 5.69 Å². The Bertz CT molecular complexity index is 914. The average Bonchev–Trinajstić information content (AvgIpc) is 3.02. The van der Waals surface area contributed by atoms with Crippen LogP contribution in [0.5, 0.6) is 11.5 Å². The minimum Gasteiger partial charge on any atom is -0.493 e. The molecule has 2 aromatic rings. The summed E-state index contributed by atoms with van der Waals surface area (Å²) in [5, 5.41) is 0.217. The van der Waals surface area contributed by atoms with E-state index in [1.165, 1.54) is 26.4 Å². The molecule has 148 valence electrons. The molecule has 0 fully saturated rings. The molecule has 1 aliphatic heterocycles. The molecule has 0 bridgehead atoms. The third kappa shape index (κ3) is 3.64. The summed E-state index contributed by atoms with van der Waals surface area (Å²) in [6, 6.07) is 10.6. The Morgan fingerprint density at radius 3 is 2.57 bits per heavy atom. The number of fused-ring (bicyclic) bond motifs is 1. The number of para-hydroxylation sites is 1. The summed E-state index contributed by atoms with van der Waals surface area (Å²) < 4.78 is 15.8. The van der Waals surface area contributed by atoms with E-state index in [2.05, 4.69) is 0 Å². The number of anilines is 1. The van der Waals surface area contributed by atoms with Crippen LogP contribution in [-0.2, 0) is 16.0 Å². The molecule has 3 rings (SSSR count). The lowest BCUT2D eigenvalue weighted by molar-refractivity contribution is -0.126. The maximum Gasteiger partial charge on any atom is 0.339 e. The maximum atomic E-state index is 13.0. The van der Waals surface area contributed by atoms with Crippen molar-refractivity contribution in [1.29, 1.82) is 0 Å². The SMILES string of the molecule is COc1cc(C(=O)O[C@@H](C)C(=O)N2c3ccccc3C[C@H]2C)cc(Cl)c1OC. The first-order valence-electron chi connectivity index (χ1n) is 8.90. The smallest absolute Gasteiger partial charge is 0.339 e. The molecule has 2 atom stereocenters. The second-order valence-corrected chi connectivity index (χ2v) is 7.04. The van der Waals surface area contributed by atoms with Crippen molar-refractivity contribution in [3.63, 3.8) is 0 Å². The van der Waals surface area contributed by atoms with E-state index in [4.69, 9.17) is 25.8 Å². The molecule has 0 saturated carbocycles. The number of ether oxygens (including phenoxy) is 3. The molecule has 0 N–H and O–H groups in total. The van der Waals surface area contributed by atoms with Gasteiger partial charge in [-0.25, -0.2) is 4.79 Å². The van der Waals surface area contributed by atoms with Crippen molar-refractivity contribution < 1.29 is 23.8 Å². The Morgan fingerprint density at radius 2 is 1.89 bits per heavy atom. The molecule has 1 amide bonds. The van der Waals surface area contributed by atoms with E-state index in [0.717, 1.165) is 17.7 Å². The summed E-state index contributed by atoms with van der Waals surface area (Å²) in [4.78, 5) is 27.2. The lowest BCUT2D eigenvalue weighted by Crippen LogP contribution is -2.43. The third-order valence-corrected chi connectivity index (χ3v) is 5.03. The van der Waals surface area contributed by atoms with Gasteiger partial charge in [-0.15, -0.1) is 0 Å². The van der Waals surface area contributed by atoms with E-state index in [-0.39, 0.29) is 22.5 Å². The Morgan fingerprint density at radius 1 is 1.18 bits per heavy atom. The molecule has 0 spiro atoms. The highest BCUT2D eigenvalue weighted by molar-refractivity contribution is 6.32. The number of benzene rings is 2. The molecule has 6 nitrogen and oxygen atoms in total. The topological polar surface area (TPSA) is 65.1 Å². The molecule has 1 aliphatic rings. The number of hydrogen-bond donors (Lipinski definition) is 0. The van der Waals surface area contributed by atoms with Crippen LogP contribution in [0.2, 0.25) is 5.02 Å². The second-order valence-electron chi connectivity index (χ2n) is 6.63. The highest BCUT2D eigenvalue weighted by Gasteiger charge is 2.34. The van der Waals surface area contributed by atoms with Crippen molar-refractivity contribution in [3.05, 3.63) is 52.5 Å². The number of rotatable bonds is 5. The largest absolute Gasteiger partial charge is 0.493 e. The molecule has 0 radical (unpaired) electrons. The fraction of sp³-hybridized carbons (Fsp3) is 0.333. The van der Waals surface area contributed by atoms with Crippen LogP contribution in [0.25, 0.3) is 0 Å². The number of carbonyl (C=O) groups excluding carboxylic acids is 2. The predicted molar refractivity (Wildman–Crippen MR) is 107 cm³/mol. The van der Waals surface area contributed by atoms with Gasteiger partial charge in [-0.1, -0.05) is 29.8 Å². The summed E-state index contributed by atoms with van der Waals surface area (Å²) in [7, 11) is 2.90. The normalized spacial score (nSPS) is 16.3. The van der Waals surface area contributed by atoms with Crippen LogP contribution in [-0.4, -0.2) is 38.2 Å². The lowest BCUT2D eigenvalue weighted by atomic mass is 10.1. The molecule has 28 heavy (non-hydrogen) atoms. The third-order valence-electron chi connectivity index (χ3n) is 4.75. The van der Waals surface area contributed by atoms with E-state index >= 15 is 0 Å². The first kappa shape index (κ1) is 20.0. The molecular formula is C21H22ClNO5. The first-order chi connectivity index (χ1) is 13.4. The van der Waals surface area contributed by atoms with Crippen molar-refractivity contribution >= 4 is 29.2 Å². The van der Waals surface area contributed by atoms with Gasteiger partial charge >= 0.3 is 5.97 Å². The zero-order valence-corrected chi connectivity index (χ0v) is 16.9. The summed E-state index contributed by atoms with van der Waals surface area (Å²) in [5.41, 5.74) is 2.14. The van der Waals surface area contributed by atoms with Gasteiger partial charge in [-0.2, -0.15) is 0 Å². The van der Waals surface area contributed by atoms with Crippen LogP contribution in [0.3, 0.4) is 0 Å². The minimum atomic E-state index is -0.951. The van der Waals surface area contributed by atoms with Crippen molar-refractivity contribution in [3.8, 4) is 11.5 Å². The molecule has 2 aromatic carbocycles. The number of halogens is 1. The van der Waals surface area contributed by atoms with Crippen molar-refractivity contribution in [1.82, 2.24) is 0 Å². The van der Waals surface area contributed by atoms with Crippen molar-refractivity contribution in [2.24, 2.45) is 0 Å². The van der Waals surface area contributed by atoms with E-state index in [0.29, 0.717) is 11.5 Å². The molecule has 0 aliphatic carbocycles. The van der Waals surface area contributed by atoms with Crippen LogP contribution < -0.4 is 14.4 Å². The Hall–Kier alpha value is -2.73. The number of carbonyl (C=O) groups is 2. The number of nitrogens with zero attached hydrogens (tertiary/aromatic N) is 1. The van der Waals surface area contributed by atoms with E-state index < -0.39 is 12.1 Å². The zero-order chi connectivity index (χ0) is 20.4. The van der Waals surface area contributed by atoms with E-state index in [1.807, 2.05) is 31.2 Å². The lowest BCUT2D eigenvalue weighted by Gasteiger charge is -2.26. The summed E-state index contributed by atoms with van der Waals surface area (Å²) in [6.07, 6.45) is -0.179. The summed E-state index contributed by atoms with van der Waals surface area (Å²) in [5.74, 6) is -0.295. The second kappa shape index (κ2) is 8.10. The number of amides is 1. The van der Waals surface area contributed by atoms with Gasteiger partial charge in [0.05, 0.1) is 24.8 Å². The van der Waals surface area contributed by atoms with Gasteiger partial charge in [0, 0.05) is 11.7 Å². The monoisotopic (exact) mass is 403 g/mol. The van der Waals surface area contributed by atoms with Crippen LogP contribution in [0, 0.1) is 0 Å². The molecule has 7 heteroatoms. The molecular weight excluding hydrogens is 382 g/mol. The first-order valence-corrected chi connectivity index (χ1v) is 9.28. The minimum absolute atomic E-state index is 0.00146. The standard InChI is InChI=1S/C21H22ClNO5/c1-12-9-14-7-5-6-8-17(14)23(12)20(24)13(2)28-21(25)15-10-16(22)19(27-4)18(11-15)26-3/h5-8,10-13H,9H2,1-4H3/t12-,13+/m1/s1. The van der Waals surface area contributed by atoms with Crippen LogP contribution in [0.15, 0.2) is 36.4 Å². The summed E-state index contributed by atoms with van der Waals surface area (Å²) >= 11 is 6.15. The highest BCUT2D eigenvalue weighted by atomic mass is 35.5. The highest BCUT2D eigenvalue weighted by Crippen LogP contribution is 2.36. The number of esters is 1. The Balaban J connectivity index is 1.78. The van der Waals surface area contributed by atoms with Gasteiger partial charge in [-0.05, 0) is 44.0 Å². The zero-order valence-electron chi connectivity index (χ0n) is 16.2. The Labute approximate surface area is 168 Å². The molecule has 0 saturated heterocycles. The van der Waals surface area contributed by atoms with Crippen LogP contribution >= 0.6 is 11.6 Å². The van der Waals surface area contributed by atoms with Gasteiger partial charge in [0.15, 0.2) is 17.6 Å². The predicted octanol–water partition coefficient (Wildman–Crippen LogP) is 3.88. The fourth-order valence-corrected chi connectivity index (χ4v) is 3.70. The van der Waals surface area contributed by atoms with Gasteiger partial charge in [-0.3, -0.25) is 4.79 Å². The molecule has 0 unspecified atom stereocenters. The van der Waals surface area contributed by atoms with Gasteiger partial charge in [0.2, 0.25) is 0 Å². The van der Waals surface area contributed by atoms with Gasteiger partial charge < -0.3 is 19.1 Å². The quantitative estimate of drug-likeness (QED) is 0.709. The fourth-order valence-electron chi connectivity index (χ4n) is 3.41. The maximum absolute atomic E-state index is 13.0. The number of hydrogen-bond acceptors (Lipinski definition) is 5. The molecule has 1 heterocycles. The number of methoxy groups -OCH3 is 2. The average molecular weight is 404 g/mol. The van der Waals surface area contributed by atoms with Crippen molar-refractivity contribution in [2.45, 2.75) is 32.4 Å². The van der Waals surface area contributed by atoms with Crippen molar-refractivity contribution in [2.75, 3.05) is 19.1 Å². The van der Waals surface area contributed by atoms with E-state index in [9.17, 15) is 9.59 Å². The van der Waals surface area contributed by atoms with Gasteiger partial charge in [0.25, 0.3) is 5.91 Å². The summed E-state index contributed by atoms with van der Waals surface area (Å²) in [6.45, 7) is 3.54. The van der Waals surface area contributed by atoms with Crippen LogP contribution in [0.1, 0.15) is 29.8 Å². The van der Waals surface area contributed by atoms with E-state index in [1.54, 1.807) is 11.8 Å². The Kier molecular flexibility index (Phi) is 5.79.